The molecule has 0 saturated heterocycles. The molecule has 0 aromatic heterocycles. The number of fused-ring (bicyclic) bond motifs is 7. The quantitative estimate of drug-likeness (QED) is 0.619. The molecule has 140 valence electrons. The van der Waals surface area contributed by atoms with Crippen molar-refractivity contribution in [2.24, 2.45) is 17.8 Å². The van der Waals surface area contributed by atoms with Gasteiger partial charge in [-0.05, 0) is 78.3 Å². The summed E-state index contributed by atoms with van der Waals surface area (Å²) in [6.07, 6.45) is 3.84. The van der Waals surface area contributed by atoms with Crippen LogP contribution in [0, 0.1) is 17.8 Å². The van der Waals surface area contributed by atoms with Gasteiger partial charge in [-0.25, -0.2) is 4.79 Å². The van der Waals surface area contributed by atoms with E-state index in [1.165, 1.54) is 37.5 Å². The Bertz CT molecular complexity index is 911. The second-order valence-electron chi connectivity index (χ2n) is 7.99. The number of carbonyl (C=O) groups excluding carboxylic acids is 1. The molecule has 0 radical (unpaired) electrons. The third-order valence-electron chi connectivity index (χ3n) is 6.83. The zero-order valence-corrected chi connectivity index (χ0v) is 16.6. The second kappa shape index (κ2) is 6.42. The van der Waals surface area contributed by atoms with E-state index >= 15 is 0 Å². The lowest BCUT2D eigenvalue weighted by molar-refractivity contribution is 0.0600. The molecular weight excluding hydrogens is 381 g/mol. The Morgan fingerprint density at radius 1 is 1.04 bits per heavy atom. The van der Waals surface area contributed by atoms with Crippen LogP contribution < -0.4 is 5.32 Å². The van der Waals surface area contributed by atoms with Crippen molar-refractivity contribution in [2.75, 3.05) is 12.4 Å². The van der Waals surface area contributed by atoms with Crippen LogP contribution in [-0.2, 0) is 4.74 Å². The van der Waals surface area contributed by atoms with E-state index in [0.29, 0.717) is 29.2 Å². The van der Waals surface area contributed by atoms with Crippen molar-refractivity contribution in [2.45, 2.75) is 31.2 Å². The molecule has 2 aliphatic carbocycles. The molecule has 2 aromatic carbocycles. The first-order valence-electron chi connectivity index (χ1n) is 9.51. The third kappa shape index (κ3) is 2.59. The topological polar surface area (TPSA) is 38.3 Å². The molecule has 27 heavy (non-hydrogen) atoms. The van der Waals surface area contributed by atoms with E-state index in [0.717, 1.165) is 15.7 Å². The van der Waals surface area contributed by atoms with Gasteiger partial charge in [0.25, 0.3) is 0 Å². The number of anilines is 1. The molecule has 2 saturated carbocycles. The van der Waals surface area contributed by atoms with Crippen molar-refractivity contribution in [3.63, 3.8) is 0 Å². The maximum absolute atomic E-state index is 11.8. The number of rotatable bonds is 2. The second-order valence-corrected chi connectivity index (χ2v) is 8.80. The molecule has 5 heteroatoms. The number of nitrogens with one attached hydrogen (secondary N) is 1. The van der Waals surface area contributed by atoms with Gasteiger partial charge >= 0.3 is 5.97 Å². The van der Waals surface area contributed by atoms with E-state index in [1.54, 1.807) is 0 Å². The molecular formula is C22H21Cl2NO2. The fourth-order valence-electron chi connectivity index (χ4n) is 5.79. The lowest BCUT2D eigenvalue weighted by atomic mass is 9.68. The maximum atomic E-state index is 11.8. The number of halogens is 2. The largest absolute Gasteiger partial charge is 0.465 e. The molecule has 0 amide bonds. The maximum Gasteiger partial charge on any atom is 0.337 e. The van der Waals surface area contributed by atoms with E-state index in [1.807, 2.05) is 36.4 Å². The van der Waals surface area contributed by atoms with Crippen molar-refractivity contribution < 1.29 is 9.53 Å². The van der Waals surface area contributed by atoms with Gasteiger partial charge in [-0.3, -0.25) is 0 Å². The van der Waals surface area contributed by atoms with Crippen LogP contribution in [-0.4, -0.2) is 13.1 Å². The number of hydrogen-bond acceptors (Lipinski definition) is 3. The standard InChI is InChI=1S/C22H21Cl2NO2/c1-27-22(26)12-4-2-11(3-5-12)20-18-14-7-6-13(10-14)17(18)19-15(23)8-9-16(24)21(19)25-20/h2-5,8-9,13-14,17-18,20,25H,6-7,10H2,1H3/t13-,14-,17+,18-,20-/m0/s1. The summed E-state index contributed by atoms with van der Waals surface area (Å²) in [6, 6.07) is 11.8. The summed E-state index contributed by atoms with van der Waals surface area (Å²) in [4.78, 5) is 11.8. The van der Waals surface area contributed by atoms with Crippen LogP contribution in [0.15, 0.2) is 36.4 Å². The lowest BCUT2D eigenvalue weighted by Gasteiger charge is -2.44. The SMILES string of the molecule is COC(=O)c1ccc([C@@H]2Nc3c(Cl)ccc(Cl)c3[C@@H]3[C@H]4CC[C@@H](C4)[C@@H]32)cc1. The summed E-state index contributed by atoms with van der Waals surface area (Å²) < 4.78 is 4.82. The smallest absolute Gasteiger partial charge is 0.337 e. The molecule has 1 N–H and O–H groups in total. The Hall–Kier alpha value is -1.71. The molecule has 5 rings (SSSR count). The Labute approximate surface area is 169 Å². The molecule has 0 unspecified atom stereocenters. The Kier molecular flexibility index (Phi) is 4.14. The normalized spacial score (nSPS) is 30.4. The molecule has 2 bridgehead atoms. The predicted octanol–water partition coefficient (Wildman–Crippen LogP) is 6.08. The summed E-state index contributed by atoms with van der Waals surface area (Å²) in [5.41, 5.74) is 3.96. The highest BCUT2D eigenvalue weighted by Gasteiger charge is 2.54. The van der Waals surface area contributed by atoms with E-state index in [4.69, 9.17) is 27.9 Å². The summed E-state index contributed by atoms with van der Waals surface area (Å²) >= 11 is 13.2. The summed E-state index contributed by atoms with van der Waals surface area (Å²) in [6.45, 7) is 0. The molecule has 2 fully saturated rings. The van der Waals surface area contributed by atoms with Crippen LogP contribution >= 0.6 is 23.2 Å². The summed E-state index contributed by atoms with van der Waals surface area (Å²) in [7, 11) is 1.40. The zero-order chi connectivity index (χ0) is 18.7. The molecule has 1 aliphatic heterocycles. The number of carbonyl (C=O) groups is 1. The first kappa shape index (κ1) is 17.4. The van der Waals surface area contributed by atoms with Crippen molar-refractivity contribution in [1.29, 1.82) is 0 Å². The molecule has 5 atom stereocenters. The van der Waals surface area contributed by atoms with Crippen LogP contribution in [0.1, 0.15) is 52.7 Å². The fourth-order valence-corrected chi connectivity index (χ4v) is 6.29. The minimum absolute atomic E-state index is 0.181. The van der Waals surface area contributed by atoms with Gasteiger partial charge in [-0.1, -0.05) is 35.3 Å². The highest BCUT2D eigenvalue weighted by atomic mass is 35.5. The minimum atomic E-state index is -0.309. The van der Waals surface area contributed by atoms with Gasteiger partial charge in [0.1, 0.15) is 0 Å². The van der Waals surface area contributed by atoms with Crippen LogP contribution in [0.2, 0.25) is 10.0 Å². The molecule has 1 heterocycles. The number of ether oxygens (including phenoxy) is 1. The van der Waals surface area contributed by atoms with Gasteiger partial charge in [0, 0.05) is 5.02 Å². The number of methoxy groups -OCH3 is 1. The Balaban J connectivity index is 1.59. The van der Waals surface area contributed by atoms with Crippen LogP contribution in [0.5, 0.6) is 0 Å². The first-order chi connectivity index (χ1) is 13.1. The highest BCUT2D eigenvalue weighted by molar-refractivity contribution is 6.36. The highest BCUT2D eigenvalue weighted by Crippen LogP contribution is 2.65. The Morgan fingerprint density at radius 2 is 1.74 bits per heavy atom. The van der Waals surface area contributed by atoms with E-state index < -0.39 is 0 Å². The fraction of sp³-hybridized carbons (Fsp3) is 0.409. The van der Waals surface area contributed by atoms with Crippen molar-refractivity contribution in [1.82, 2.24) is 0 Å². The predicted molar refractivity (Wildman–Crippen MR) is 108 cm³/mol. The zero-order valence-electron chi connectivity index (χ0n) is 15.0. The van der Waals surface area contributed by atoms with Gasteiger partial charge in [0.05, 0.1) is 29.4 Å². The van der Waals surface area contributed by atoms with Crippen molar-refractivity contribution >= 4 is 34.9 Å². The third-order valence-corrected chi connectivity index (χ3v) is 7.48. The average Bonchev–Trinajstić information content (AvgIpc) is 3.32. The average molecular weight is 402 g/mol. The summed E-state index contributed by atoms with van der Waals surface area (Å²) in [5.74, 6) is 2.05. The van der Waals surface area contributed by atoms with Crippen LogP contribution in [0.3, 0.4) is 0 Å². The van der Waals surface area contributed by atoms with E-state index in [2.05, 4.69) is 5.32 Å². The van der Waals surface area contributed by atoms with Crippen molar-refractivity contribution in [3.05, 3.63) is 63.1 Å². The number of benzene rings is 2. The molecule has 0 spiro atoms. The van der Waals surface area contributed by atoms with Gasteiger partial charge in [0.2, 0.25) is 0 Å². The van der Waals surface area contributed by atoms with E-state index in [-0.39, 0.29) is 12.0 Å². The minimum Gasteiger partial charge on any atom is -0.465 e. The van der Waals surface area contributed by atoms with Crippen LogP contribution in [0.4, 0.5) is 5.69 Å². The van der Waals surface area contributed by atoms with Crippen LogP contribution in [0.25, 0.3) is 0 Å². The number of hydrogen-bond donors (Lipinski definition) is 1. The monoisotopic (exact) mass is 401 g/mol. The molecule has 3 aliphatic rings. The number of esters is 1. The summed E-state index contributed by atoms with van der Waals surface area (Å²) in [5, 5.41) is 5.26. The van der Waals surface area contributed by atoms with Gasteiger partial charge in [-0.15, -0.1) is 0 Å². The first-order valence-corrected chi connectivity index (χ1v) is 10.3. The van der Waals surface area contributed by atoms with Gasteiger partial charge < -0.3 is 10.1 Å². The molecule has 2 aromatic rings. The lowest BCUT2D eigenvalue weighted by Crippen LogP contribution is -2.35. The Morgan fingerprint density at radius 3 is 2.48 bits per heavy atom. The van der Waals surface area contributed by atoms with Gasteiger partial charge in [-0.2, -0.15) is 0 Å². The van der Waals surface area contributed by atoms with Crippen molar-refractivity contribution in [3.8, 4) is 0 Å². The van der Waals surface area contributed by atoms with E-state index in [9.17, 15) is 4.79 Å². The molecule has 3 nitrogen and oxygen atoms in total. The van der Waals surface area contributed by atoms with Gasteiger partial charge in [0.15, 0.2) is 0 Å².